The first-order chi connectivity index (χ1) is 10.7. The Labute approximate surface area is 134 Å². The van der Waals surface area contributed by atoms with Crippen molar-refractivity contribution in [3.05, 3.63) is 30.3 Å². The van der Waals surface area contributed by atoms with E-state index in [0.29, 0.717) is 5.92 Å². The van der Waals surface area contributed by atoms with Crippen LogP contribution in [0.4, 0.5) is 5.69 Å². The van der Waals surface area contributed by atoms with Crippen LogP contribution in [0.25, 0.3) is 0 Å². The van der Waals surface area contributed by atoms with Gasteiger partial charge >= 0.3 is 0 Å². The fourth-order valence-corrected chi connectivity index (χ4v) is 4.29. The van der Waals surface area contributed by atoms with Gasteiger partial charge in [0.25, 0.3) is 0 Å². The lowest BCUT2D eigenvalue weighted by Gasteiger charge is -2.21. The van der Waals surface area contributed by atoms with E-state index in [9.17, 15) is 4.79 Å². The predicted molar refractivity (Wildman–Crippen MR) is 90.9 cm³/mol. The van der Waals surface area contributed by atoms with Gasteiger partial charge in [0.15, 0.2) is 0 Å². The van der Waals surface area contributed by atoms with Crippen LogP contribution in [0, 0.1) is 17.8 Å². The minimum absolute atomic E-state index is 0.264. The van der Waals surface area contributed by atoms with Gasteiger partial charge in [-0.2, -0.15) is 0 Å². The number of benzene rings is 1. The molecule has 0 spiro atoms. The van der Waals surface area contributed by atoms with E-state index in [1.54, 1.807) is 0 Å². The Hall–Kier alpha value is -1.51. The average molecular weight is 300 g/mol. The molecule has 3 rings (SSSR count). The second-order valence-corrected chi connectivity index (χ2v) is 7.10. The van der Waals surface area contributed by atoms with E-state index in [1.807, 2.05) is 6.07 Å². The Balaban J connectivity index is 1.31. The first kappa shape index (κ1) is 15.4. The predicted octanol–water partition coefficient (Wildman–Crippen LogP) is 3.46. The number of fused-ring (bicyclic) bond motifs is 2. The maximum Gasteiger partial charge on any atom is 0.220 e. The lowest BCUT2D eigenvalue weighted by molar-refractivity contribution is -0.122. The number of carbonyl (C=O) groups excluding carboxylic acids is 1. The van der Waals surface area contributed by atoms with Crippen LogP contribution in [-0.2, 0) is 4.79 Å². The van der Waals surface area contributed by atoms with Gasteiger partial charge in [0.2, 0.25) is 5.91 Å². The lowest BCUT2D eigenvalue weighted by atomic mass is 9.86. The van der Waals surface area contributed by atoms with E-state index in [0.717, 1.165) is 37.8 Å². The molecule has 0 unspecified atom stereocenters. The Morgan fingerprint density at radius 3 is 2.73 bits per heavy atom. The van der Waals surface area contributed by atoms with Crippen molar-refractivity contribution in [3.8, 4) is 0 Å². The van der Waals surface area contributed by atoms with E-state index in [1.165, 1.54) is 31.4 Å². The Morgan fingerprint density at radius 2 is 2.05 bits per heavy atom. The van der Waals surface area contributed by atoms with E-state index in [2.05, 4.69) is 41.5 Å². The third kappa shape index (κ3) is 3.82. The molecule has 2 saturated carbocycles. The molecular formula is C19H28N2O. The molecule has 1 N–H and O–H groups in total. The summed E-state index contributed by atoms with van der Waals surface area (Å²) in [6, 6.07) is 10.4. The number of carbonyl (C=O) groups is 1. The summed E-state index contributed by atoms with van der Waals surface area (Å²) >= 11 is 0. The molecule has 0 aromatic heterocycles. The highest BCUT2D eigenvalue weighted by molar-refractivity contribution is 5.76. The quantitative estimate of drug-likeness (QED) is 0.782. The Kier molecular flexibility index (Phi) is 5.01. The highest BCUT2D eigenvalue weighted by atomic mass is 16.1. The van der Waals surface area contributed by atoms with Gasteiger partial charge < -0.3 is 10.2 Å². The summed E-state index contributed by atoms with van der Waals surface area (Å²) in [5, 5.41) is 3.11. The Morgan fingerprint density at radius 1 is 1.23 bits per heavy atom. The normalized spacial score (nSPS) is 26.1. The maximum absolute atomic E-state index is 12.1. The van der Waals surface area contributed by atoms with Crippen LogP contribution in [0.15, 0.2) is 30.3 Å². The fraction of sp³-hybridized carbons (Fsp3) is 0.632. The third-order valence-electron chi connectivity index (χ3n) is 5.52. The molecule has 0 aliphatic heterocycles. The van der Waals surface area contributed by atoms with E-state index in [-0.39, 0.29) is 5.91 Å². The number of amides is 1. The van der Waals surface area contributed by atoms with Crippen LogP contribution in [0.3, 0.4) is 0 Å². The SMILES string of the molecule is CN(CCCNC(=O)C[C@@H]1C[C@H]2CC[C@H]1C2)c1ccccc1. The van der Waals surface area contributed by atoms with Crippen LogP contribution in [0.2, 0.25) is 0 Å². The van der Waals surface area contributed by atoms with Crippen molar-refractivity contribution in [3.63, 3.8) is 0 Å². The van der Waals surface area contributed by atoms with E-state index in [4.69, 9.17) is 0 Å². The van der Waals surface area contributed by atoms with Crippen LogP contribution < -0.4 is 10.2 Å². The molecule has 3 nitrogen and oxygen atoms in total. The molecule has 1 aromatic rings. The second kappa shape index (κ2) is 7.17. The summed E-state index contributed by atoms with van der Waals surface area (Å²) < 4.78 is 0. The Bertz CT molecular complexity index is 487. The summed E-state index contributed by atoms with van der Waals surface area (Å²) in [7, 11) is 2.10. The number of nitrogens with zero attached hydrogens (tertiary/aromatic N) is 1. The van der Waals surface area contributed by atoms with Gasteiger partial charge in [-0.15, -0.1) is 0 Å². The molecular weight excluding hydrogens is 272 g/mol. The summed E-state index contributed by atoms with van der Waals surface area (Å²) in [6.07, 6.45) is 7.22. The zero-order valence-electron chi connectivity index (χ0n) is 13.6. The lowest BCUT2D eigenvalue weighted by Crippen LogP contribution is -2.30. The molecule has 22 heavy (non-hydrogen) atoms. The molecule has 2 aliphatic rings. The maximum atomic E-state index is 12.1. The number of para-hydroxylation sites is 1. The van der Waals surface area contributed by atoms with Gasteiger partial charge in [-0.05, 0) is 55.6 Å². The molecule has 0 saturated heterocycles. The van der Waals surface area contributed by atoms with Gasteiger partial charge in [-0.3, -0.25) is 4.79 Å². The van der Waals surface area contributed by atoms with Crippen LogP contribution in [-0.4, -0.2) is 26.0 Å². The minimum Gasteiger partial charge on any atom is -0.375 e. The van der Waals surface area contributed by atoms with E-state index >= 15 is 0 Å². The zero-order chi connectivity index (χ0) is 15.4. The first-order valence-electron chi connectivity index (χ1n) is 8.75. The van der Waals surface area contributed by atoms with Crippen molar-refractivity contribution in [2.24, 2.45) is 17.8 Å². The molecule has 1 amide bonds. The topological polar surface area (TPSA) is 32.3 Å². The van der Waals surface area contributed by atoms with Crippen molar-refractivity contribution in [1.29, 1.82) is 0 Å². The molecule has 3 atom stereocenters. The van der Waals surface area contributed by atoms with Gasteiger partial charge in [0, 0.05) is 32.2 Å². The molecule has 0 heterocycles. The number of anilines is 1. The van der Waals surface area contributed by atoms with Gasteiger partial charge in [0.05, 0.1) is 0 Å². The van der Waals surface area contributed by atoms with Crippen molar-refractivity contribution < 1.29 is 4.79 Å². The van der Waals surface area contributed by atoms with Crippen molar-refractivity contribution >= 4 is 11.6 Å². The number of rotatable bonds is 7. The molecule has 2 fully saturated rings. The first-order valence-corrected chi connectivity index (χ1v) is 8.75. The highest BCUT2D eigenvalue weighted by Gasteiger charge is 2.39. The molecule has 0 radical (unpaired) electrons. The average Bonchev–Trinajstić information content (AvgIpc) is 3.15. The fourth-order valence-electron chi connectivity index (χ4n) is 4.29. The summed E-state index contributed by atoms with van der Waals surface area (Å²) in [6.45, 7) is 1.76. The van der Waals surface area contributed by atoms with Crippen molar-refractivity contribution in [2.75, 3.05) is 25.0 Å². The monoisotopic (exact) mass is 300 g/mol. The smallest absolute Gasteiger partial charge is 0.220 e. The third-order valence-corrected chi connectivity index (χ3v) is 5.52. The van der Waals surface area contributed by atoms with Crippen LogP contribution in [0.5, 0.6) is 0 Å². The highest BCUT2D eigenvalue weighted by Crippen LogP contribution is 2.49. The standard InChI is InChI=1S/C19H28N2O/c1-21(18-6-3-2-4-7-18)11-5-10-20-19(22)14-17-13-15-8-9-16(17)12-15/h2-4,6-7,15-17H,5,8-14H2,1H3,(H,20,22)/t15-,16-,17-/m0/s1. The van der Waals surface area contributed by atoms with E-state index < -0.39 is 0 Å². The van der Waals surface area contributed by atoms with Crippen LogP contribution in [0.1, 0.15) is 38.5 Å². The van der Waals surface area contributed by atoms with Crippen molar-refractivity contribution in [2.45, 2.75) is 38.5 Å². The molecule has 120 valence electrons. The molecule has 2 bridgehead atoms. The summed E-state index contributed by atoms with van der Waals surface area (Å²) in [5.74, 6) is 2.72. The van der Waals surface area contributed by atoms with Gasteiger partial charge in [-0.1, -0.05) is 24.6 Å². The largest absolute Gasteiger partial charge is 0.375 e. The second-order valence-electron chi connectivity index (χ2n) is 7.10. The molecule has 3 heteroatoms. The van der Waals surface area contributed by atoms with Gasteiger partial charge in [-0.25, -0.2) is 0 Å². The summed E-state index contributed by atoms with van der Waals surface area (Å²) in [5.41, 5.74) is 1.23. The van der Waals surface area contributed by atoms with Crippen molar-refractivity contribution in [1.82, 2.24) is 5.32 Å². The minimum atomic E-state index is 0.264. The number of nitrogens with one attached hydrogen (secondary N) is 1. The number of hydrogen-bond acceptors (Lipinski definition) is 2. The van der Waals surface area contributed by atoms with Crippen LogP contribution >= 0.6 is 0 Å². The summed E-state index contributed by atoms with van der Waals surface area (Å²) in [4.78, 5) is 14.3. The number of hydrogen-bond donors (Lipinski definition) is 1. The molecule has 2 aliphatic carbocycles. The zero-order valence-corrected chi connectivity index (χ0v) is 13.6. The van der Waals surface area contributed by atoms with Gasteiger partial charge in [0.1, 0.15) is 0 Å². The molecule has 1 aromatic carbocycles.